The average molecular weight is 316 g/mol. The van der Waals surface area contributed by atoms with Gasteiger partial charge in [-0.15, -0.1) is 0 Å². The lowest BCUT2D eigenvalue weighted by atomic mass is 9.82. The monoisotopic (exact) mass is 316 g/mol. The SMILES string of the molecule is CNCc1ccc(F)c(S(=O)(=O)NCC(C)C(C)(C)C)c1. The first-order chi connectivity index (χ1) is 9.58. The Morgan fingerprint density at radius 2 is 1.90 bits per heavy atom. The number of sulfonamides is 1. The number of hydrogen-bond acceptors (Lipinski definition) is 3. The van der Waals surface area contributed by atoms with Gasteiger partial charge in [-0.2, -0.15) is 0 Å². The zero-order valence-electron chi connectivity index (χ0n) is 13.3. The predicted octanol–water partition coefficient (Wildman–Crippen LogP) is 2.51. The Balaban J connectivity index is 2.95. The van der Waals surface area contributed by atoms with Gasteiger partial charge in [-0.05, 0) is 36.1 Å². The Bertz CT molecular complexity index is 580. The first-order valence-corrected chi connectivity index (χ1v) is 8.49. The number of halogens is 1. The highest BCUT2D eigenvalue weighted by atomic mass is 32.2. The van der Waals surface area contributed by atoms with Crippen molar-refractivity contribution in [3.8, 4) is 0 Å². The molecule has 0 amide bonds. The molecule has 6 heteroatoms. The largest absolute Gasteiger partial charge is 0.316 e. The van der Waals surface area contributed by atoms with Gasteiger partial charge in [0.2, 0.25) is 10.0 Å². The normalized spacial score (nSPS) is 14.2. The molecule has 0 saturated carbocycles. The van der Waals surface area contributed by atoms with E-state index in [1.54, 1.807) is 13.1 Å². The maximum absolute atomic E-state index is 13.8. The van der Waals surface area contributed by atoms with Gasteiger partial charge >= 0.3 is 0 Å². The molecule has 0 spiro atoms. The summed E-state index contributed by atoms with van der Waals surface area (Å²) in [6, 6.07) is 4.13. The van der Waals surface area contributed by atoms with E-state index in [9.17, 15) is 12.8 Å². The number of benzene rings is 1. The summed E-state index contributed by atoms with van der Waals surface area (Å²) < 4.78 is 40.9. The Morgan fingerprint density at radius 1 is 1.29 bits per heavy atom. The molecule has 21 heavy (non-hydrogen) atoms. The summed E-state index contributed by atoms with van der Waals surface area (Å²) >= 11 is 0. The van der Waals surface area contributed by atoms with E-state index in [4.69, 9.17) is 0 Å². The molecule has 1 unspecified atom stereocenters. The molecule has 0 aliphatic carbocycles. The van der Waals surface area contributed by atoms with Crippen molar-refractivity contribution in [2.24, 2.45) is 11.3 Å². The van der Waals surface area contributed by atoms with E-state index < -0.39 is 15.8 Å². The van der Waals surface area contributed by atoms with Crippen LogP contribution >= 0.6 is 0 Å². The van der Waals surface area contributed by atoms with Crippen LogP contribution in [-0.2, 0) is 16.6 Å². The molecular formula is C15H25FN2O2S. The third-order valence-electron chi connectivity index (χ3n) is 3.72. The molecule has 0 radical (unpaired) electrons. The van der Waals surface area contributed by atoms with Crippen LogP contribution in [0.5, 0.6) is 0 Å². The van der Waals surface area contributed by atoms with Gasteiger partial charge in [-0.3, -0.25) is 0 Å². The maximum Gasteiger partial charge on any atom is 0.243 e. The predicted molar refractivity (Wildman–Crippen MR) is 83.0 cm³/mol. The van der Waals surface area contributed by atoms with Crippen LogP contribution in [-0.4, -0.2) is 22.0 Å². The van der Waals surface area contributed by atoms with Crippen molar-refractivity contribution in [3.63, 3.8) is 0 Å². The van der Waals surface area contributed by atoms with Gasteiger partial charge in [0, 0.05) is 13.1 Å². The van der Waals surface area contributed by atoms with Crippen LogP contribution in [0.25, 0.3) is 0 Å². The van der Waals surface area contributed by atoms with Crippen LogP contribution < -0.4 is 10.0 Å². The first kappa shape index (κ1) is 18.1. The van der Waals surface area contributed by atoms with Gasteiger partial charge in [0.1, 0.15) is 10.7 Å². The van der Waals surface area contributed by atoms with Crippen molar-refractivity contribution in [1.82, 2.24) is 10.0 Å². The number of hydrogen-bond donors (Lipinski definition) is 2. The molecule has 120 valence electrons. The smallest absolute Gasteiger partial charge is 0.243 e. The molecule has 0 aliphatic rings. The van der Waals surface area contributed by atoms with Crippen LogP contribution in [0.1, 0.15) is 33.3 Å². The lowest BCUT2D eigenvalue weighted by Crippen LogP contribution is -2.34. The molecule has 1 aromatic rings. The second kappa shape index (κ2) is 6.85. The van der Waals surface area contributed by atoms with E-state index in [0.29, 0.717) is 6.54 Å². The highest BCUT2D eigenvalue weighted by molar-refractivity contribution is 7.89. The van der Waals surface area contributed by atoms with Crippen molar-refractivity contribution < 1.29 is 12.8 Å². The van der Waals surface area contributed by atoms with Gasteiger partial charge in [-0.25, -0.2) is 17.5 Å². The van der Waals surface area contributed by atoms with Crippen LogP contribution in [0.2, 0.25) is 0 Å². The third kappa shape index (κ3) is 5.05. The minimum atomic E-state index is -3.84. The molecule has 2 N–H and O–H groups in total. The second-order valence-electron chi connectivity index (χ2n) is 6.41. The molecule has 4 nitrogen and oxygen atoms in total. The summed E-state index contributed by atoms with van der Waals surface area (Å²) in [6.07, 6.45) is 0. The summed E-state index contributed by atoms with van der Waals surface area (Å²) in [4.78, 5) is -0.295. The zero-order chi connectivity index (χ0) is 16.3. The zero-order valence-corrected chi connectivity index (χ0v) is 14.1. The van der Waals surface area contributed by atoms with Crippen LogP contribution in [0.4, 0.5) is 4.39 Å². The van der Waals surface area contributed by atoms with E-state index in [1.165, 1.54) is 12.1 Å². The molecule has 1 aromatic carbocycles. The van der Waals surface area contributed by atoms with Crippen molar-refractivity contribution in [1.29, 1.82) is 0 Å². The quantitative estimate of drug-likeness (QED) is 0.848. The van der Waals surface area contributed by atoms with Crippen molar-refractivity contribution in [3.05, 3.63) is 29.6 Å². The Kier molecular flexibility index (Phi) is 5.90. The van der Waals surface area contributed by atoms with E-state index in [2.05, 4.69) is 10.0 Å². The summed E-state index contributed by atoms with van der Waals surface area (Å²) in [5, 5.41) is 2.91. The minimum Gasteiger partial charge on any atom is -0.316 e. The molecule has 0 saturated heterocycles. The number of nitrogens with one attached hydrogen (secondary N) is 2. The first-order valence-electron chi connectivity index (χ1n) is 7.00. The van der Waals surface area contributed by atoms with E-state index in [-0.39, 0.29) is 22.8 Å². The third-order valence-corrected chi connectivity index (χ3v) is 5.16. The van der Waals surface area contributed by atoms with E-state index in [1.807, 2.05) is 27.7 Å². The van der Waals surface area contributed by atoms with Gasteiger partial charge in [-0.1, -0.05) is 33.8 Å². The Hall–Kier alpha value is -0.980. The summed E-state index contributed by atoms with van der Waals surface area (Å²) in [6.45, 7) is 8.86. The lowest BCUT2D eigenvalue weighted by Gasteiger charge is -2.27. The fraction of sp³-hybridized carbons (Fsp3) is 0.600. The van der Waals surface area contributed by atoms with Crippen molar-refractivity contribution in [2.45, 2.75) is 39.1 Å². The highest BCUT2D eigenvalue weighted by Crippen LogP contribution is 2.25. The average Bonchev–Trinajstić information content (AvgIpc) is 2.37. The molecule has 1 rings (SSSR count). The summed E-state index contributed by atoms with van der Waals surface area (Å²) in [7, 11) is -2.09. The maximum atomic E-state index is 13.8. The lowest BCUT2D eigenvalue weighted by molar-refractivity contribution is 0.263. The van der Waals surface area contributed by atoms with Crippen molar-refractivity contribution in [2.75, 3.05) is 13.6 Å². The van der Waals surface area contributed by atoms with Gasteiger partial charge in [0.25, 0.3) is 0 Å². The van der Waals surface area contributed by atoms with Crippen molar-refractivity contribution >= 4 is 10.0 Å². The second-order valence-corrected chi connectivity index (χ2v) is 8.15. The molecular weight excluding hydrogens is 291 g/mol. The summed E-state index contributed by atoms with van der Waals surface area (Å²) in [5.41, 5.74) is 0.706. The molecule has 0 aromatic heterocycles. The molecule has 0 fully saturated rings. The molecule has 0 aliphatic heterocycles. The molecule has 0 bridgehead atoms. The molecule has 1 atom stereocenters. The Morgan fingerprint density at radius 3 is 2.43 bits per heavy atom. The van der Waals surface area contributed by atoms with Crippen LogP contribution in [0.15, 0.2) is 23.1 Å². The number of rotatable bonds is 6. The molecule has 0 heterocycles. The van der Waals surface area contributed by atoms with E-state index >= 15 is 0 Å². The summed E-state index contributed by atoms with van der Waals surface area (Å²) in [5.74, 6) is -0.596. The standard InChI is InChI=1S/C15H25FN2O2S/c1-11(15(2,3)4)9-18-21(19,20)14-8-12(10-17-5)6-7-13(14)16/h6-8,11,17-18H,9-10H2,1-5H3. The fourth-order valence-electron chi connectivity index (χ4n) is 1.69. The fourth-order valence-corrected chi connectivity index (χ4v) is 2.94. The van der Waals surface area contributed by atoms with Gasteiger partial charge in [0.05, 0.1) is 0 Å². The van der Waals surface area contributed by atoms with E-state index in [0.717, 1.165) is 5.56 Å². The highest BCUT2D eigenvalue weighted by Gasteiger charge is 2.24. The van der Waals surface area contributed by atoms with Crippen LogP contribution in [0.3, 0.4) is 0 Å². The van der Waals surface area contributed by atoms with Gasteiger partial charge in [0.15, 0.2) is 0 Å². The van der Waals surface area contributed by atoms with Crippen LogP contribution in [0, 0.1) is 17.2 Å². The minimum absolute atomic E-state index is 0.0188. The topological polar surface area (TPSA) is 58.2 Å². The Labute approximate surface area is 127 Å². The van der Waals surface area contributed by atoms with Gasteiger partial charge < -0.3 is 5.32 Å².